The number of benzene rings is 8. The third-order valence-corrected chi connectivity index (χ3v) is 15.5. The van der Waals surface area contributed by atoms with Gasteiger partial charge in [0.1, 0.15) is 23.0 Å². The van der Waals surface area contributed by atoms with E-state index in [4.69, 9.17) is 9.47 Å². The fourth-order valence-electron chi connectivity index (χ4n) is 10.9. The lowest BCUT2D eigenvalue weighted by Crippen LogP contribution is -2.58. The van der Waals surface area contributed by atoms with Gasteiger partial charge in [-0.2, -0.15) is 0 Å². The molecule has 0 spiro atoms. The van der Waals surface area contributed by atoms with Crippen molar-refractivity contribution < 1.29 is 9.47 Å². The van der Waals surface area contributed by atoms with Gasteiger partial charge in [0.25, 0.3) is 13.4 Å². The van der Waals surface area contributed by atoms with E-state index in [0.29, 0.717) is 11.8 Å². The molecule has 55 heavy (non-hydrogen) atoms. The van der Waals surface area contributed by atoms with E-state index in [2.05, 4.69) is 151 Å². The van der Waals surface area contributed by atoms with E-state index in [9.17, 15) is 0 Å². The molecule has 4 aliphatic rings. The fraction of sp³-hybridized carbons (Fsp3) is 0.200. The van der Waals surface area contributed by atoms with Crippen LogP contribution >= 0.6 is 0 Å². The van der Waals surface area contributed by atoms with Gasteiger partial charge < -0.3 is 9.47 Å². The predicted octanol–water partition coefficient (Wildman–Crippen LogP) is 8.89. The van der Waals surface area contributed by atoms with Crippen molar-refractivity contribution in [2.75, 3.05) is 0 Å². The van der Waals surface area contributed by atoms with Crippen LogP contribution in [0.4, 0.5) is 0 Å². The Balaban J connectivity index is 1.32. The molecule has 4 aliphatic heterocycles. The maximum atomic E-state index is 6.86. The highest BCUT2D eigenvalue weighted by Gasteiger charge is 2.44. The standard InChI is InChI=1S/C50H42B2O2Si/c1-25(2)28-18-33-31-17-27(5)30-22-38-46-32(34-19-29(26(3)4)21-43-50(34)51(38)36-13-9-11-15-40(36)54-43)24-44(55(6,7)8)35-23-39(45(31)47(30)48(35)46)52-37-14-10-12-16-41(37)53-42(20-28)49(33)52/h9-26H,1-8H3. The number of hydrogen-bond donors (Lipinski definition) is 0. The van der Waals surface area contributed by atoms with Crippen molar-refractivity contribution in [3.63, 3.8) is 0 Å². The second kappa shape index (κ2) is 10.5. The van der Waals surface area contributed by atoms with Gasteiger partial charge >= 0.3 is 0 Å². The van der Waals surface area contributed by atoms with Gasteiger partial charge in [0.15, 0.2) is 0 Å². The van der Waals surface area contributed by atoms with Gasteiger partial charge in [-0.05, 0) is 136 Å². The summed E-state index contributed by atoms with van der Waals surface area (Å²) in [6.07, 6.45) is 0. The molecule has 0 saturated heterocycles. The van der Waals surface area contributed by atoms with Crippen molar-refractivity contribution in [3.8, 4) is 45.3 Å². The van der Waals surface area contributed by atoms with Crippen molar-refractivity contribution in [2.45, 2.75) is 66.1 Å². The van der Waals surface area contributed by atoms with Crippen molar-refractivity contribution >= 4 is 91.8 Å². The zero-order valence-corrected chi connectivity index (χ0v) is 33.9. The van der Waals surface area contributed by atoms with Crippen molar-refractivity contribution in [1.82, 2.24) is 0 Å². The molecular weight excluding hydrogens is 682 g/mol. The maximum absolute atomic E-state index is 6.86. The predicted molar refractivity (Wildman–Crippen MR) is 239 cm³/mol. The van der Waals surface area contributed by atoms with E-state index in [1.807, 2.05) is 0 Å². The number of para-hydroxylation sites is 2. The second-order valence-corrected chi connectivity index (χ2v) is 23.4. The molecule has 0 atom stereocenters. The van der Waals surface area contributed by atoms with Gasteiger partial charge in [-0.1, -0.05) is 136 Å². The third-order valence-electron chi connectivity index (χ3n) is 13.5. The Bertz CT molecular complexity index is 3060. The minimum atomic E-state index is -1.90. The minimum Gasteiger partial charge on any atom is -0.458 e. The fourth-order valence-corrected chi connectivity index (χ4v) is 12.5. The van der Waals surface area contributed by atoms with E-state index in [-0.39, 0.29) is 13.4 Å². The lowest BCUT2D eigenvalue weighted by Gasteiger charge is -2.38. The Morgan fingerprint density at radius 3 is 1.45 bits per heavy atom. The average Bonchev–Trinajstić information content (AvgIpc) is 3.16. The van der Waals surface area contributed by atoms with Gasteiger partial charge in [0.2, 0.25) is 0 Å². The zero-order chi connectivity index (χ0) is 37.4. The molecule has 0 amide bonds. The number of fused-ring (bicyclic) bond motifs is 8. The van der Waals surface area contributed by atoms with Crippen LogP contribution in [0.15, 0.2) is 97.1 Å². The number of rotatable bonds is 3. The molecule has 8 aromatic rings. The number of hydrogen-bond acceptors (Lipinski definition) is 2. The quantitative estimate of drug-likeness (QED) is 0.134. The van der Waals surface area contributed by atoms with E-state index in [0.717, 1.165) is 23.0 Å². The first-order chi connectivity index (χ1) is 26.5. The lowest BCUT2D eigenvalue weighted by molar-refractivity contribution is 0.486. The summed E-state index contributed by atoms with van der Waals surface area (Å²) in [7, 11) is -1.90. The van der Waals surface area contributed by atoms with Crippen LogP contribution in [0.2, 0.25) is 19.6 Å². The van der Waals surface area contributed by atoms with Crippen LogP contribution < -0.4 is 47.4 Å². The van der Waals surface area contributed by atoms with Crippen LogP contribution in [-0.2, 0) is 0 Å². The Kier molecular flexibility index (Phi) is 6.13. The Morgan fingerprint density at radius 1 is 0.473 bits per heavy atom. The van der Waals surface area contributed by atoms with Crippen LogP contribution in [0.25, 0.3) is 54.6 Å². The van der Waals surface area contributed by atoms with Crippen LogP contribution in [0.3, 0.4) is 0 Å². The number of aryl methyl sites for hydroxylation is 1. The minimum absolute atomic E-state index is 0.0960. The molecule has 4 heterocycles. The maximum Gasteiger partial charge on any atom is 0.252 e. The molecule has 264 valence electrons. The Morgan fingerprint density at radius 2 is 0.945 bits per heavy atom. The van der Waals surface area contributed by atoms with Crippen LogP contribution in [0.5, 0.6) is 23.0 Å². The van der Waals surface area contributed by atoms with Crippen LogP contribution in [0, 0.1) is 6.92 Å². The lowest BCUT2D eigenvalue weighted by atomic mass is 9.32. The summed E-state index contributed by atoms with van der Waals surface area (Å²) in [5, 5.41) is 10.1. The van der Waals surface area contributed by atoms with Gasteiger partial charge in [-0.15, -0.1) is 0 Å². The average molecular weight is 725 g/mol. The Labute approximate surface area is 325 Å². The van der Waals surface area contributed by atoms with Crippen molar-refractivity contribution in [2.24, 2.45) is 0 Å². The number of ether oxygens (including phenoxy) is 2. The van der Waals surface area contributed by atoms with E-state index in [1.54, 1.807) is 0 Å². The van der Waals surface area contributed by atoms with Crippen LogP contribution in [0.1, 0.15) is 56.2 Å². The molecule has 0 saturated carbocycles. The van der Waals surface area contributed by atoms with Gasteiger partial charge in [-0.3, -0.25) is 0 Å². The second-order valence-electron chi connectivity index (χ2n) is 18.4. The molecule has 0 N–H and O–H groups in total. The first-order valence-electron chi connectivity index (χ1n) is 20.2. The first-order valence-corrected chi connectivity index (χ1v) is 23.7. The Hall–Kier alpha value is -5.25. The van der Waals surface area contributed by atoms with Gasteiger partial charge in [0, 0.05) is 0 Å². The molecule has 0 bridgehead atoms. The van der Waals surface area contributed by atoms with Crippen molar-refractivity contribution in [1.29, 1.82) is 0 Å². The van der Waals surface area contributed by atoms with E-state index >= 15 is 0 Å². The summed E-state index contributed by atoms with van der Waals surface area (Å²) < 4.78 is 13.7. The highest BCUT2D eigenvalue weighted by atomic mass is 28.3. The topological polar surface area (TPSA) is 18.5 Å². The normalized spacial score (nSPS) is 14.4. The largest absolute Gasteiger partial charge is 0.458 e. The molecule has 8 aromatic carbocycles. The SMILES string of the molecule is Cc1cc2c3c(cc4c([Si](C)(C)C)cc5c6c(cc1c3c46)B1c3ccccc3Oc3cc(C(C)C)cc-5c31)B1c3ccccc3Oc3cc(C(C)C)cc-2c31. The van der Waals surface area contributed by atoms with E-state index in [1.165, 1.54) is 109 Å². The molecule has 2 nitrogen and oxygen atoms in total. The molecule has 0 aromatic heterocycles. The van der Waals surface area contributed by atoms with Crippen LogP contribution in [-0.4, -0.2) is 21.5 Å². The highest BCUT2D eigenvalue weighted by Crippen LogP contribution is 2.48. The zero-order valence-electron chi connectivity index (χ0n) is 32.9. The molecule has 5 heteroatoms. The summed E-state index contributed by atoms with van der Waals surface area (Å²) in [5.74, 6) is 4.76. The van der Waals surface area contributed by atoms with E-state index < -0.39 is 8.07 Å². The molecular formula is C50H42B2O2Si. The first kappa shape index (κ1) is 32.0. The molecule has 0 unspecified atom stereocenters. The van der Waals surface area contributed by atoms with Gasteiger partial charge in [0.05, 0.1) is 8.07 Å². The van der Waals surface area contributed by atoms with Crippen molar-refractivity contribution in [3.05, 3.63) is 114 Å². The van der Waals surface area contributed by atoms with Gasteiger partial charge in [-0.25, -0.2) is 0 Å². The third kappa shape index (κ3) is 4.02. The smallest absolute Gasteiger partial charge is 0.252 e. The molecule has 0 fully saturated rings. The summed E-state index contributed by atoms with van der Waals surface area (Å²) in [6, 6.07) is 37.6. The summed E-state index contributed by atoms with van der Waals surface area (Å²) in [4.78, 5) is 0. The highest BCUT2D eigenvalue weighted by molar-refractivity contribution is 7.02. The molecule has 0 radical (unpaired) electrons. The summed E-state index contributed by atoms with van der Waals surface area (Å²) in [6.45, 7) is 19.4. The summed E-state index contributed by atoms with van der Waals surface area (Å²) in [5.41, 5.74) is 17.4. The molecule has 12 rings (SSSR count). The monoisotopic (exact) mass is 724 g/mol. The summed E-state index contributed by atoms with van der Waals surface area (Å²) >= 11 is 0. The molecule has 0 aliphatic carbocycles.